The van der Waals surface area contributed by atoms with E-state index in [0.717, 1.165) is 50.5 Å². The number of nitrogens with one attached hydrogen (secondary N) is 2. The summed E-state index contributed by atoms with van der Waals surface area (Å²) in [5.74, 6) is 1.42. The average Bonchev–Trinajstić information content (AvgIpc) is 3.42. The number of rotatable bonds is 10. The second-order valence-corrected chi connectivity index (χ2v) is 8.92. The lowest BCUT2D eigenvalue weighted by atomic mass is 9.94. The van der Waals surface area contributed by atoms with Crippen molar-refractivity contribution >= 4 is 35.5 Å². The number of carbonyl (C=O) groups excluding carboxylic acids is 1. The number of likely N-dealkylation sites (tertiary alicyclic amines) is 1. The lowest BCUT2D eigenvalue weighted by molar-refractivity contribution is -0.387. The molecule has 0 aliphatic carbocycles. The summed E-state index contributed by atoms with van der Waals surface area (Å²) in [5.41, 5.74) is 5.89. The quantitative estimate of drug-likeness (QED) is 0.150. The van der Waals surface area contributed by atoms with E-state index in [1.165, 1.54) is 12.3 Å². The second kappa shape index (κ2) is 10.0. The number of nitrogens with zero attached hydrogens (tertiary/aromatic N) is 4. The number of hydrogen-bond donors (Lipinski definition) is 3. The van der Waals surface area contributed by atoms with Gasteiger partial charge in [0, 0.05) is 25.7 Å². The summed E-state index contributed by atoms with van der Waals surface area (Å²) in [6.45, 7) is 5.69. The lowest BCUT2D eigenvalue weighted by Gasteiger charge is -2.29. The van der Waals surface area contributed by atoms with Gasteiger partial charge in [-0.15, -0.1) is 0 Å². The molecule has 3 heterocycles. The number of nitrogen functional groups attached to an aromatic ring is 1. The van der Waals surface area contributed by atoms with Gasteiger partial charge in [-0.05, 0) is 43.1 Å². The van der Waals surface area contributed by atoms with Gasteiger partial charge < -0.3 is 30.0 Å². The van der Waals surface area contributed by atoms with Crippen LogP contribution in [0.2, 0.25) is 0 Å². The van der Waals surface area contributed by atoms with Crippen LogP contribution in [-0.2, 0) is 11.3 Å². The number of benzene rings is 1. The van der Waals surface area contributed by atoms with E-state index >= 15 is 0 Å². The van der Waals surface area contributed by atoms with Crippen LogP contribution >= 0.6 is 11.8 Å². The van der Waals surface area contributed by atoms with Gasteiger partial charge >= 0.3 is 0 Å². The molecule has 0 atom stereocenters. The van der Waals surface area contributed by atoms with Gasteiger partial charge in [-0.2, -0.15) is 0 Å². The first-order valence-corrected chi connectivity index (χ1v) is 11.5. The third-order valence-corrected chi connectivity index (χ3v) is 6.88. The van der Waals surface area contributed by atoms with Crippen molar-refractivity contribution in [2.45, 2.75) is 35.9 Å². The molecule has 1 fully saturated rings. The van der Waals surface area contributed by atoms with E-state index in [2.05, 4.69) is 16.9 Å². The molecule has 0 saturated carbocycles. The molecule has 2 aromatic rings. The number of aromatic nitrogens is 2. The number of anilines is 1. The SMILES string of the molecule is C=CNc1c(C(=N)N)nc(Sc2cc3c(cc2[N+](=O)[O-])OCO3)n1CCC1CCN(C=O)CC1. The first kappa shape index (κ1) is 23.4. The minimum atomic E-state index is -0.479. The number of imidazole rings is 1. The molecule has 0 unspecified atom stereocenters. The van der Waals surface area contributed by atoms with Crippen LogP contribution in [0.25, 0.3) is 0 Å². The maximum atomic E-state index is 11.7. The maximum absolute atomic E-state index is 11.7. The minimum absolute atomic E-state index is 0.0000425. The molecule has 0 radical (unpaired) electrons. The van der Waals surface area contributed by atoms with Gasteiger partial charge in [0.25, 0.3) is 5.69 Å². The number of nitrogens with two attached hydrogens (primary N) is 1. The summed E-state index contributed by atoms with van der Waals surface area (Å²) in [4.78, 5) is 28.9. The number of nitro benzene ring substituents is 1. The van der Waals surface area contributed by atoms with Crippen molar-refractivity contribution in [1.29, 1.82) is 5.41 Å². The van der Waals surface area contributed by atoms with E-state index in [1.807, 2.05) is 4.57 Å². The van der Waals surface area contributed by atoms with Gasteiger partial charge in [0.05, 0.1) is 15.9 Å². The zero-order valence-corrected chi connectivity index (χ0v) is 19.2. The lowest BCUT2D eigenvalue weighted by Crippen LogP contribution is -2.32. The Morgan fingerprint density at radius 1 is 1.38 bits per heavy atom. The van der Waals surface area contributed by atoms with Crippen molar-refractivity contribution in [1.82, 2.24) is 14.5 Å². The molecule has 1 amide bonds. The van der Waals surface area contributed by atoms with Crippen LogP contribution < -0.4 is 20.5 Å². The van der Waals surface area contributed by atoms with Crippen LogP contribution in [0.1, 0.15) is 25.0 Å². The normalized spacial score (nSPS) is 15.2. The number of ether oxygens (including phenoxy) is 2. The third kappa shape index (κ3) is 4.78. The highest BCUT2D eigenvalue weighted by Gasteiger charge is 2.28. The van der Waals surface area contributed by atoms with Crippen LogP contribution in [0, 0.1) is 21.4 Å². The number of carbonyl (C=O) groups is 1. The van der Waals surface area contributed by atoms with Crippen molar-refractivity contribution in [2.24, 2.45) is 11.7 Å². The number of amidine groups is 1. The zero-order valence-electron chi connectivity index (χ0n) is 18.4. The Kier molecular flexibility index (Phi) is 6.91. The van der Waals surface area contributed by atoms with Gasteiger partial charge in [-0.1, -0.05) is 6.58 Å². The highest BCUT2D eigenvalue weighted by atomic mass is 32.2. The number of fused-ring (bicyclic) bond motifs is 1. The topological polar surface area (TPSA) is 162 Å². The predicted octanol–water partition coefficient (Wildman–Crippen LogP) is 2.77. The molecule has 4 N–H and O–H groups in total. The summed E-state index contributed by atoms with van der Waals surface area (Å²) in [6.07, 6.45) is 4.95. The highest BCUT2D eigenvalue weighted by molar-refractivity contribution is 7.99. The second-order valence-electron chi connectivity index (χ2n) is 7.91. The Hall–Kier alpha value is -3.74. The highest BCUT2D eigenvalue weighted by Crippen LogP contribution is 2.44. The van der Waals surface area contributed by atoms with Crippen molar-refractivity contribution in [3.05, 3.63) is 40.7 Å². The Morgan fingerprint density at radius 3 is 2.71 bits per heavy atom. The van der Waals surface area contributed by atoms with Crippen LogP contribution in [0.3, 0.4) is 0 Å². The fraction of sp³-hybridized carbons (Fsp3) is 0.381. The first-order chi connectivity index (χ1) is 16.4. The van der Waals surface area contributed by atoms with Gasteiger partial charge in [0.2, 0.25) is 13.2 Å². The molecule has 2 aliphatic heterocycles. The number of nitro groups is 1. The summed E-state index contributed by atoms with van der Waals surface area (Å²) in [5, 5.41) is 23.1. The molecular formula is C21H25N7O5S. The summed E-state index contributed by atoms with van der Waals surface area (Å²) in [6, 6.07) is 2.90. The van der Waals surface area contributed by atoms with E-state index in [4.69, 9.17) is 20.6 Å². The average molecular weight is 488 g/mol. The van der Waals surface area contributed by atoms with E-state index in [1.54, 1.807) is 11.0 Å². The van der Waals surface area contributed by atoms with Crippen LogP contribution in [0.4, 0.5) is 11.5 Å². The van der Waals surface area contributed by atoms with Gasteiger partial charge in [-0.25, -0.2) is 4.98 Å². The molecule has 0 spiro atoms. The summed E-state index contributed by atoms with van der Waals surface area (Å²) >= 11 is 1.10. The number of amides is 1. The van der Waals surface area contributed by atoms with E-state index in [9.17, 15) is 14.9 Å². The molecular weight excluding hydrogens is 462 g/mol. The van der Waals surface area contributed by atoms with Gasteiger partial charge in [0.1, 0.15) is 17.3 Å². The molecule has 1 aromatic carbocycles. The fourth-order valence-corrected chi connectivity index (χ4v) is 5.07. The number of hydrogen-bond acceptors (Lipinski definition) is 9. The standard InChI is InChI=1S/C21H25N7O5S/c1-2-24-20-18(19(22)23)25-21(27(20)8-5-13-3-6-26(11-29)7-4-13)34-17-10-16-15(32-12-33-16)9-14(17)28(30)31/h2,9-11,13,24H,1,3-8,12H2,(H3,22,23). The van der Waals surface area contributed by atoms with Crippen molar-refractivity contribution in [2.75, 3.05) is 25.2 Å². The van der Waals surface area contributed by atoms with E-state index in [0.29, 0.717) is 39.8 Å². The molecule has 2 aliphatic rings. The Balaban J connectivity index is 1.66. The smallest absolute Gasteiger partial charge is 0.287 e. The van der Waals surface area contributed by atoms with Gasteiger partial charge in [0.15, 0.2) is 16.7 Å². The van der Waals surface area contributed by atoms with E-state index < -0.39 is 4.92 Å². The monoisotopic (exact) mass is 487 g/mol. The van der Waals surface area contributed by atoms with Gasteiger partial charge in [-0.3, -0.25) is 20.3 Å². The third-order valence-electron chi connectivity index (χ3n) is 5.84. The molecule has 1 aromatic heterocycles. The molecule has 0 bridgehead atoms. The van der Waals surface area contributed by atoms with Crippen LogP contribution in [-0.4, -0.2) is 51.5 Å². The Labute approximate surface area is 199 Å². The molecule has 12 nitrogen and oxygen atoms in total. The number of piperidine rings is 1. The first-order valence-electron chi connectivity index (χ1n) is 10.7. The van der Waals surface area contributed by atoms with Crippen LogP contribution in [0.5, 0.6) is 11.5 Å². The molecule has 13 heteroatoms. The molecule has 1 saturated heterocycles. The van der Waals surface area contributed by atoms with Crippen molar-refractivity contribution in [3.63, 3.8) is 0 Å². The summed E-state index contributed by atoms with van der Waals surface area (Å²) in [7, 11) is 0. The minimum Gasteiger partial charge on any atom is -0.454 e. The largest absolute Gasteiger partial charge is 0.454 e. The van der Waals surface area contributed by atoms with Crippen molar-refractivity contribution < 1.29 is 19.2 Å². The Morgan fingerprint density at radius 2 is 2.09 bits per heavy atom. The van der Waals surface area contributed by atoms with Crippen LogP contribution in [0.15, 0.2) is 35.0 Å². The summed E-state index contributed by atoms with van der Waals surface area (Å²) < 4.78 is 12.5. The maximum Gasteiger partial charge on any atom is 0.287 e. The molecule has 34 heavy (non-hydrogen) atoms. The Bertz CT molecular complexity index is 1130. The zero-order chi connectivity index (χ0) is 24.2. The van der Waals surface area contributed by atoms with Crippen molar-refractivity contribution in [3.8, 4) is 11.5 Å². The predicted molar refractivity (Wildman–Crippen MR) is 125 cm³/mol. The fourth-order valence-electron chi connectivity index (χ4n) is 4.04. The molecule has 180 valence electrons. The molecule has 4 rings (SSSR count). The van der Waals surface area contributed by atoms with E-state index in [-0.39, 0.29) is 24.0 Å².